The van der Waals surface area contributed by atoms with Crippen LogP contribution in [0.2, 0.25) is 0 Å². The number of carbonyl (C=O) groups is 1. The molecular formula is C8H12O2. The first-order valence-electron chi connectivity index (χ1n) is 3.25. The van der Waals surface area contributed by atoms with Crippen molar-refractivity contribution in [1.29, 1.82) is 0 Å². The van der Waals surface area contributed by atoms with Gasteiger partial charge in [0.2, 0.25) is 0 Å². The first kappa shape index (κ1) is 8.99. The molecule has 0 spiro atoms. The normalized spacial score (nSPS) is 11.4. The first-order chi connectivity index (χ1) is 4.66. The lowest BCUT2D eigenvalue weighted by atomic mass is 10.1. The van der Waals surface area contributed by atoms with Gasteiger partial charge in [-0.3, -0.25) is 4.79 Å². The predicted molar refractivity (Wildman–Crippen MR) is 39.7 cm³/mol. The van der Waals surface area contributed by atoms with Crippen LogP contribution in [0.15, 0.2) is 17.9 Å². The maximum absolute atomic E-state index is 10.1. The van der Waals surface area contributed by atoms with Gasteiger partial charge in [0, 0.05) is 0 Å². The van der Waals surface area contributed by atoms with Crippen molar-refractivity contribution >= 4 is 5.97 Å². The van der Waals surface area contributed by atoms with Crippen LogP contribution >= 0.6 is 0 Å². The average molecular weight is 140 g/mol. The highest BCUT2D eigenvalue weighted by Gasteiger charge is 2.01. The van der Waals surface area contributed by atoms with Crippen molar-refractivity contribution in [3.05, 3.63) is 17.9 Å². The molecule has 0 aromatic carbocycles. The second-order valence-electron chi connectivity index (χ2n) is 2.20. The van der Waals surface area contributed by atoms with Crippen molar-refractivity contribution in [2.75, 3.05) is 0 Å². The van der Waals surface area contributed by atoms with Gasteiger partial charge in [-0.2, -0.15) is 0 Å². The zero-order chi connectivity index (χ0) is 7.98. The Morgan fingerprint density at radius 3 is 2.80 bits per heavy atom. The van der Waals surface area contributed by atoms with E-state index in [0.717, 1.165) is 0 Å². The maximum atomic E-state index is 10.1. The number of hydrogen-bond acceptors (Lipinski definition) is 1. The van der Waals surface area contributed by atoms with Crippen molar-refractivity contribution in [3.8, 4) is 0 Å². The second kappa shape index (κ2) is 4.83. The van der Waals surface area contributed by atoms with E-state index in [-0.39, 0.29) is 12.3 Å². The summed E-state index contributed by atoms with van der Waals surface area (Å²) >= 11 is 0. The fourth-order valence-electron chi connectivity index (χ4n) is 0.595. The van der Waals surface area contributed by atoms with Gasteiger partial charge in [0.15, 0.2) is 0 Å². The molecule has 0 aliphatic heterocycles. The molecule has 0 bridgehead atoms. The summed E-state index contributed by atoms with van der Waals surface area (Å²) in [6, 6.07) is 0. The fraction of sp³-hybridized carbons (Fsp3) is 0.500. The molecule has 1 atom stereocenters. The van der Waals surface area contributed by atoms with Gasteiger partial charge in [0.05, 0.1) is 6.42 Å². The molecule has 0 rings (SSSR count). The molecule has 0 aliphatic carbocycles. The molecule has 0 saturated heterocycles. The molecule has 0 saturated carbocycles. The van der Waals surface area contributed by atoms with E-state index in [1.165, 1.54) is 0 Å². The zero-order valence-electron chi connectivity index (χ0n) is 6.29. The lowest BCUT2D eigenvalue weighted by Crippen LogP contribution is -2.00. The highest BCUT2D eigenvalue weighted by atomic mass is 16.4. The quantitative estimate of drug-likeness (QED) is 0.607. The molecule has 2 heteroatoms. The average Bonchev–Trinajstić information content (AvgIpc) is 1.82. The van der Waals surface area contributed by atoms with Crippen LogP contribution in [0.5, 0.6) is 0 Å². The third kappa shape index (κ3) is 5.13. The summed E-state index contributed by atoms with van der Waals surface area (Å²) in [5.41, 5.74) is 2.84. The molecule has 1 unspecified atom stereocenters. The summed E-state index contributed by atoms with van der Waals surface area (Å²) < 4.78 is 0. The molecular weight excluding hydrogens is 128 g/mol. The van der Waals surface area contributed by atoms with Gasteiger partial charge < -0.3 is 5.11 Å². The highest BCUT2D eigenvalue weighted by molar-refractivity contribution is 5.67. The van der Waals surface area contributed by atoms with Gasteiger partial charge in [-0.15, -0.1) is 5.73 Å². The number of allylic oxidation sites excluding steroid dienone is 1. The Morgan fingerprint density at radius 2 is 2.40 bits per heavy atom. The van der Waals surface area contributed by atoms with E-state index in [0.29, 0.717) is 0 Å². The minimum absolute atomic E-state index is 0.0775. The van der Waals surface area contributed by atoms with Crippen LogP contribution in [0, 0.1) is 5.92 Å². The molecule has 0 radical (unpaired) electrons. The van der Waals surface area contributed by atoms with Gasteiger partial charge in [-0.05, 0) is 25.0 Å². The Bertz CT molecular complexity index is 164. The summed E-state index contributed by atoms with van der Waals surface area (Å²) in [7, 11) is 0. The van der Waals surface area contributed by atoms with Gasteiger partial charge in [0.25, 0.3) is 0 Å². The maximum Gasteiger partial charge on any atom is 0.303 e. The lowest BCUT2D eigenvalue weighted by molar-refractivity contribution is -0.137. The Kier molecular flexibility index (Phi) is 4.34. The SMILES string of the molecule is CC=C=CC(C)CC(=O)O. The van der Waals surface area contributed by atoms with Crippen LogP contribution in [-0.4, -0.2) is 11.1 Å². The molecule has 10 heavy (non-hydrogen) atoms. The van der Waals surface area contributed by atoms with E-state index in [1.807, 2.05) is 13.8 Å². The van der Waals surface area contributed by atoms with Crippen LogP contribution in [-0.2, 0) is 4.79 Å². The molecule has 0 fully saturated rings. The molecule has 0 aliphatic rings. The Morgan fingerprint density at radius 1 is 1.80 bits per heavy atom. The summed E-state index contributed by atoms with van der Waals surface area (Å²) in [6.45, 7) is 3.70. The summed E-state index contributed by atoms with van der Waals surface area (Å²) in [6.07, 6.45) is 3.70. The standard InChI is InChI=1S/C8H12O2/c1-3-4-5-7(2)6-8(9)10/h3,5,7H,6H2,1-2H3,(H,9,10). The molecule has 2 nitrogen and oxygen atoms in total. The van der Waals surface area contributed by atoms with Crippen LogP contribution in [0.3, 0.4) is 0 Å². The van der Waals surface area contributed by atoms with Crippen molar-refractivity contribution in [3.63, 3.8) is 0 Å². The number of carboxylic acids is 1. The van der Waals surface area contributed by atoms with E-state index >= 15 is 0 Å². The predicted octanol–water partition coefficient (Wildman–Crippen LogP) is 1.83. The smallest absolute Gasteiger partial charge is 0.303 e. The second-order valence-corrected chi connectivity index (χ2v) is 2.20. The van der Waals surface area contributed by atoms with E-state index in [9.17, 15) is 4.79 Å². The first-order valence-corrected chi connectivity index (χ1v) is 3.25. The summed E-state index contributed by atoms with van der Waals surface area (Å²) in [5, 5.41) is 8.33. The van der Waals surface area contributed by atoms with Gasteiger partial charge in [-0.25, -0.2) is 0 Å². The van der Waals surface area contributed by atoms with Crippen LogP contribution in [0.25, 0.3) is 0 Å². The molecule has 1 N–H and O–H groups in total. The van der Waals surface area contributed by atoms with E-state index in [1.54, 1.807) is 12.2 Å². The minimum atomic E-state index is -0.762. The van der Waals surface area contributed by atoms with Crippen molar-refractivity contribution in [2.45, 2.75) is 20.3 Å². The zero-order valence-corrected chi connectivity index (χ0v) is 6.29. The summed E-state index contributed by atoms with van der Waals surface area (Å²) in [4.78, 5) is 10.1. The Hall–Kier alpha value is -1.01. The summed E-state index contributed by atoms with van der Waals surface area (Å²) in [5.74, 6) is -0.685. The highest BCUT2D eigenvalue weighted by Crippen LogP contribution is 2.01. The molecule has 0 aromatic heterocycles. The van der Waals surface area contributed by atoms with Crippen molar-refractivity contribution in [2.24, 2.45) is 5.92 Å². The number of aliphatic carboxylic acids is 1. The number of rotatable bonds is 3. The Labute approximate surface area is 60.9 Å². The van der Waals surface area contributed by atoms with E-state index in [4.69, 9.17) is 5.11 Å². The van der Waals surface area contributed by atoms with Crippen LogP contribution < -0.4 is 0 Å². The van der Waals surface area contributed by atoms with Crippen molar-refractivity contribution in [1.82, 2.24) is 0 Å². The molecule has 0 amide bonds. The van der Waals surface area contributed by atoms with Crippen molar-refractivity contribution < 1.29 is 9.90 Å². The lowest BCUT2D eigenvalue weighted by Gasteiger charge is -1.96. The van der Waals surface area contributed by atoms with Gasteiger partial charge >= 0.3 is 5.97 Å². The van der Waals surface area contributed by atoms with E-state index < -0.39 is 5.97 Å². The monoisotopic (exact) mass is 140 g/mol. The molecule has 0 aromatic rings. The number of carboxylic acid groups (broad SMARTS) is 1. The molecule has 56 valence electrons. The third-order valence-electron chi connectivity index (χ3n) is 1.04. The largest absolute Gasteiger partial charge is 0.481 e. The van der Waals surface area contributed by atoms with Gasteiger partial charge in [-0.1, -0.05) is 6.92 Å². The molecule has 0 heterocycles. The minimum Gasteiger partial charge on any atom is -0.481 e. The Balaban J connectivity index is 3.74. The van der Waals surface area contributed by atoms with Crippen LogP contribution in [0.1, 0.15) is 20.3 Å². The van der Waals surface area contributed by atoms with E-state index in [2.05, 4.69) is 5.73 Å². The van der Waals surface area contributed by atoms with Gasteiger partial charge in [0.1, 0.15) is 0 Å². The van der Waals surface area contributed by atoms with Crippen LogP contribution in [0.4, 0.5) is 0 Å². The third-order valence-corrected chi connectivity index (χ3v) is 1.04. The fourth-order valence-corrected chi connectivity index (χ4v) is 0.595. The number of hydrogen-bond donors (Lipinski definition) is 1. The topological polar surface area (TPSA) is 37.3 Å².